The fourth-order valence-corrected chi connectivity index (χ4v) is 3.12. The number of nitrogens with one attached hydrogen (secondary N) is 2. The molecule has 0 radical (unpaired) electrons. The molecule has 0 atom stereocenters. The average molecular weight is 411 g/mol. The first-order valence-corrected chi connectivity index (χ1v) is 9.95. The van der Waals surface area contributed by atoms with Gasteiger partial charge in [-0.1, -0.05) is 78.9 Å². The number of aromatic nitrogens is 1. The van der Waals surface area contributed by atoms with Gasteiger partial charge in [-0.05, 0) is 12.1 Å². The fraction of sp³-hybridized carbons (Fsp3) is 0.0800. The van der Waals surface area contributed by atoms with Gasteiger partial charge in [0.05, 0.1) is 0 Å². The van der Waals surface area contributed by atoms with E-state index in [-0.39, 0.29) is 18.2 Å². The lowest BCUT2D eigenvalue weighted by Crippen LogP contribution is -2.41. The van der Waals surface area contributed by atoms with E-state index in [2.05, 4.69) is 15.8 Å². The molecule has 31 heavy (non-hydrogen) atoms. The zero-order valence-electron chi connectivity index (χ0n) is 16.7. The molecule has 0 bridgehead atoms. The largest absolute Gasteiger partial charge is 0.440 e. The molecule has 1 heterocycles. The lowest BCUT2D eigenvalue weighted by molar-refractivity contribution is -0.121. The van der Waals surface area contributed by atoms with Crippen LogP contribution in [0.25, 0.3) is 22.6 Å². The quantitative estimate of drug-likeness (QED) is 0.461. The van der Waals surface area contributed by atoms with Crippen molar-refractivity contribution in [1.29, 1.82) is 0 Å². The molecule has 0 aliphatic carbocycles. The molecular formula is C25H21N3O3. The van der Waals surface area contributed by atoms with Crippen LogP contribution in [0, 0.1) is 0 Å². The monoisotopic (exact) mass is 411 g/mol. The standard InChI is InChI=1S/C25H21N3O3/c29-21(27-28-25(30)20-14-8-3-9-15-20)16-17-22-26-23(18-10-4-1-5-11-18)24(31-22)19-12-6-2-7-13-19/h1-15H,16-17H2,(H,27,29)(H,28,30). The number of benzene rings is 3. The Kier molecular flexibility index (Phi) is 6.18. The third-order valence-corrected chi connectivity index (χ3v) is 4.67. The number of hydrogen-bond donors (Lipinski definition) is 2. The molecular weight excluding hydrogens is 390 g/mol. The van der Waals surface area contributed by atoms with Crippen molar-refractivity contribution in [2.24, 2.45) is 0 Å². The predicted molar refractivity (Wildman–Crippen MR) is 118 cm³/mol. The van der Waals surface area contributed by atoms with Crippen LogP contribution in [0.15, 0.2) is 95.4 Å². The van der Waals surface area contributed by atoms with E-state index in [9.17, 15) is 9.59 Å². The molecule has 6 nitrogen and oxygen atoms in total. The minimum atomic E-state index is -0.372. The van der Waals surface area contributed by atoms with Gasteiger partial charge in [0.2, 0.25) is 5.91 Å². The Bertz CT molecular complexity index is 1100. The van der Waals surface area contributed by atoms with Crippen molar-refractivity contribution in [3.63, 3.8) is 0 Å². The Labute approximate surface area is 179 Å². The predicted octanol–water partition coefficient (Wildman–Crippen LogP) is 4.40. The van der Waals surface area contributed by atoms with Crippen LogP contribution in [0.3, 0.4) is 0 Å². The second-order valence-electron chi connectivity index (χ2n) is 6.89. The molecule has 4 rings (SSSR count). The Morgan fingerprint density at radius 3 is 1.97 bits per heavy atom. The summed E-state index contributed by atoms with van der Waals surface area (Å²) in [6.07, 6.45) is 0.428. The van der Waals surface area contributed by atoms with E-state index >= 15 is 0 Å². The van der Waals surface area contributed by atoms with Crippen molar-refractivity contribution in [2.45, 2.75) is 12.8 Å². The molecule has 0 aliphatic rings. The summed E-state index contributed by atoms with van der Waals surface area (Å²) in [5.74, 6) is 0.426. The zero-order valence-corrected chi connectivity index (χ0v) is 16.7. The summed E-state index contributed by atoms with van der Waals surface area (Å²) in [5, 5.41) is 0. The Morgan fingerprint density at radius 1 is 0.742 bits per heavy atom. The summed E-state index contributed by atoms with van der Waals surface area (Å²) in [5.41, 5.74) is 7.90. The summed E-state index contributed by atoms with van der Waals surface area (Å²) in [6, 6.07) is 28.2. The van der Waals surface area contributed by atoms with Gasteiger partial charge in [0.15, 0.2) is 11.7 Å². The minimum absolute atomic E-state index is 0.123. The van der Waals surface area contributed by atoms with Crippen LogP contribution >= 0.6 is 0 Å². The van der Waals surface area contributed by atoms with Gasteiger partial charge in [-0.15, -0.1) is 0 Å². The number of oxazole rings is 1. The van der Waals surface area contributed by atoms with E-state index in [1.165, 1.54) is 0 Å². The van der Waals surface area contributed by atoms with Gasteiger partial charge in [0, 0.05) is 29.5 Å². The smallest absolute Gasteiger partial charge is 0.269 e. The van der Waals surface area contributed by atoms with Crippen LogP contribution < -0.4 is 10.9 Å². The number of hydrazine groups is 1. The summed E-state index contributed by atoms with van der Waals surface area (Å²) in [6.45, 7) is 0. The molecule has 0 saturated carbocycles. The van der Waals surface area contributed by atoms with Gasteiger partial charge in [-0.2, -0.15) is 0 Å². The van der Waals surface area contributed by atoms with Crippen molar-refractivity contribution in [1.82, 2.24) is 15.8 Å². The molecule has 3 aromatic carbocycles. The van der Waals surface area contributed by atoms with Crippen molar-refractivity contribution >= 4 is 11.8 Å². The normalized spacial score (nSPS) is 10.5. The minimum Gasteiger partial charge on any atom is -0.440 e. The maximum Gasteiger partial charge on any atom is 0.269 e. The third-order valence-electron chi connectivity index (χ3n) is 4.67. The van der Waals surface area contributed by atoms with Crippen molar-refractivity contribution in [3.8, 4) is 22.6 Å². The summed E-state index contributed by atoms with van der Waals surface area (Å²) in [7, 11) is 0. The third kappa shape index (κ3) is 5.05. The van der Waals surface area contributed by atoms with Gasteiger partial charge < -0.3 is 4.42 Å². The number of hydrogen-bond acceptors (Lipinski definition) is 4. The number of amides is 2. The van der Waals surface area contributed by atoms with E-state index in [1.54, 1.807) is 24.3 Å². The molecule has 0 unspecified atom stereocenters. The first kappa shape index (κ1) is 20.1. The molecule has 2 amide bonds. The molecule has 0 fully saturated rings. The molecule has 6 heteroatoms. The lowest BCUT2D eigenvalue weighted by Gasteiger charge is -2.06. The lowest BCUT2D eigenvalue weighted by atomic mass is 10.1. The number of rotatable bonds is 6. The van der Waals surface area contributed by atoms with Crippen LogP contribution in [0.5, 0.6) is 0 Å². The molecule has 0 aliphatic heterocycles. The summed E-state index contributed by atoms with van der Waals surface area (Å²) < 4.78 is 6.02. The Balaban J connectivity index is 1.43. The van der Waals surface area contributed by atoms with Crippen LogP contribution in [0.1, 0.15) is 22.7 Å². The van der Waals surface area contributed by atoms with Crippen molar-refractivity contribution in [2.75, 3.05) is 0 Å². The first-order valence-electron chi connectivity index (χ1n) is 9.95. The number of carbonyl (C=O) groups excluding carboxylic acids is 2. The molecule has 0 saturated heterocycles. The maximum atomic E-state index is 12.2. The first-order chi connectivity index (χ1) is 15.2. The van der Waals surface area contributed by atoms with E-state index in [0.717, 1.165) is 16.8 Å². The maximum absolute atomic E-state index is 12.2. The zero-order chi connectivity index (χ0) is 21.5. The van der Waals surface area contributed by atoms with Gasteiger partial charge in [0.25, 0.3) is 5.91 Å². The highest BCUT2D eigenvalue weighted by Crippen LogP contribution is 2.32. The van der Waals surface area contributed by atoms with Crippen LogP contribution in [0.2, 0.25) is 0 Å². The van der Waals surface area contributed by atoms with Gasteiger partial charge in [0.1, 0.15) is 5.69 Å². The van der Waals surface area contributed by atoms with E-state index in [1.807, 2.05) is 66.7 Å². The number of carbonyl (C=O) groups is 2. The SMILES string of the molecule is O=C(CCc1nc(-c2ccccc2)c(-c2ccccc2)o1)NNC(=O)c1ccccc1. The average Bonchev–Trinajstić information content (AvgIpc) is 3.27. The Hall–Kier alpha value is -4.19. The van der Waals surface area contributed by atoms with Gasteiger partial charge in [-0.25, -0.2) is 4.98 Å². The van der Waals surface area contributed by atoms with E-state index in [0.29, 0.717) is 23.6 Å². The molecule has 154 valence electrons. The highest BCUT2D eigenvalue weighted by molar-refractivity contribution is 5.95. The molecule has 2 N–H and O–H groups in total. The molecule has 1 aromatic heterocycles. The number of aryl methyl sites for hydroxylation is 1. The highest BCUT2D eigenvalue weighted by Gasteiger charge is 2.17. The van der Waals surface area contributed by atoms with Crippen LogP contribution in [-0.4, -0.2) is 16.8 Å². The fourth-order valence-electron chi connectivity index (χ4n) is 3.12. The number of nitrogens with zero attached hydrogens (tertiary/aromatic N) is 1. The molecule has 4 aromatic rings. The topological polar surface area (TPSA) is 84.2 Å². The van der Waals surface area contributed by atoms with Crippen molar-refractivity contribution in [3.05, 3.63) is 102 Å². The Morgan fingerprint density at radius 2 is 1.32 bits per heavy atom. The summed E-state index contributed by atoms with van der Waals surface area (Å²) in [4.78, 5) is 28.9. The van der Waals surface area contributed by atoms with Gasteiger partial charge >= 0.3 is 0 Å². The highest BCUT2D eigenvalue weighted by atomic mass is 16.4. The second kappa shape index (κ2) is 9.54. The van der Waals surface area contributed by atoms with E-state index in [4.69, 9.17) is 4.42 Å². The van der Waals surface area contributed by atoms with Crippen LogP contribution in [0.4, 0.5) is 0 Å². The van der Waals surface area contributed by atoms with E-state index < -0.39 is 0 Å². The summed E-state index contributed by atoms with van der Waals surface area (Å²) >= 11 is 0. The van der Waals surface area contributed by atoms with Gasteiger partial charge in [-0.3, -0.25) is 20.4 Å². The molecule has 0 spiro atoms. The van der Waals surface area contributed by atoms with Crippen molar-refractivity contribution < 1.29 is 14.0 Å². The van der Waals surface area contributed by atoms with Crippen LogP contribution in [-0.2, 0) is 11.2 Å². The second-order valence-corrected chi connectivity index (χ2v) is 6.89.